The number of nitrogens with zero attached hydrogens (tertiary/aromatic N) is 4. The lowest BCUT2D eigenvalue weighted by Crippen LogP contribution is -2.48. The van der Waals surface area contributed by atoms with E-state index in [0.29, 0.717) is 49.4 Å². The summed E-state index contributed by atoms with van der Waals surface area (Å²) in [6.45, 7) is 8.18. The van der Waals surface area contributed by atoms with Crippen LogP contribution in [0.2, 0.25) is 0 Å². The predicted molar refractivity (Wildman–Crippen MR) is 162 cm³/mol. The number of ether oxygens (including phenoxy) is 4. The van der Waals surface area contributed by atoms with Crippen molar-refractivity contribution in [2.45, 2.75) is 31.4 Å². The smallest absolute Gasteiger partial charge is 0.242 e. The number of carbonyl (C=O) groups excluding carboxylic acids is 2. The molecule has 11 heteroatoms. The highest BCUT2D eigenvalue weighted by atomic mass is 32.2. The minimum atomic E-state index is -0.389. The van der Waals surface area contributed by atoms with Gasteiger partial charge in [-0.05, 0) is 42.5 Å². The summed E-state index contributed by atoms with van der Waals surface area (Å²) in [7, 11) is 4.88. The van der Waals surface area contributed by atoms with Gasteiger partial charge in [0.05, 0.1) is 56.9 Å². The van der Waals surface area contributed by atoms with Crippen molar-refractivity contribution in [3.05, 3.63) is 59.3 Å². The second-order valence-corrected chi connectivity index (χ2v) is 12.3. The van der Waals surface area contributed by atoms with Crippen LogP contribution in [0.3, 0.4) is 0 Å². The number of hydrogen-bond acceptors (Lipinski definition) is 8. The van der Waals surface area contributed by atoms with Crippen LogP contribution in [0.25, 0.3) is 5.69 Å². The van der Waals surface area contributed by atoms with Crippen LogP contribution in [0, 0.1) is 0 Å². The van der Waals surface area contributed by atoms with Crippen LogP contribution in [-0.2, 0) is 19.7 Å². The van der Waals surface area contributed by atoms with Crippen LogP contribution < -0.4 is 19.1 Å². The van der Waals surface area contributed by atoms with E-state index in [1.165, 1.54) is 11.8 Å². The predicted octanol–water partition coefficient (Wildman–Crippen LogP) is 4.22. The average Bonchev–Trinajstić information content (AvgIpc) is 3.34. The molecule has 0 unspecified atom stereocenters. The summed E-state index contributed by atoms with van der Waals surface area (Å²) >= 11 is 1.50. The maximum absolute atomic E-state index is 14.0. The van der Waals surface area contributed by atoms with E-state index in [4.69, 9.17) is 24.0 Å². The first-order valence-electron chi connectivity index (χ1n) is 13.9. The molecule has 224 valence electrons. The maximum Gasteiger partial charge on any atom is 0.242 e. The Kier molecular flexibility index (Phi) is 8.70. The van der Waals surface area contributed by atoms with Crippen molar-refractivity contribution in [3.8, 4) is 22.9 Å². The van der Waals surface area contributed by atoms with E-state index >= 15 is 0 Å². The third-order valence-electron chi connectivity index (χ3n) is 7.49. The van der Waals surface area contributed by atoms with Gasteiger partial charge in [0, 0.05) is 29.6 Å². The summed E-state index contributed by atoms with van der Waals surface area (Å²) in [4.78, 5) is 30.9. The molecule has 0 saturated carbocycles. The topological polar surface area (TPSA) is 95.4 Å². The van der Waals surface area contributed by atoms with Gasteiger partial charge in [-0.1, -0.05) is 20.8 Å². The summed E-state index contributed by atoms with van der Waals surface area (Å²) in [6.07, 6.45) is 0. The molecule has 42 heavy (non-hydrogen) atoms. The monoisotopic (exact) mass is 594 g/mol. The molecule has 10 nitrogen and oxygen atoms in total. The summed E-state index contributed by atoms with van der Waals surface area (Å²) in [6, 6.07) is 13.2. The highest BCUT2D eigenvalue weighted by molar-refractivity contribution is 8.00. The van der Waals surface area contributed by atoms with Crippen molar-refractivity contribution in [2.75, 3.05) is 64.8 Å². The summed E-state index contributed by atoms with van der Waals surface area (Å²) in [5.41, 5.74) is 2.93. The number of anilines is 1. The number of hydrogen-bond donors (Lipinski definition) is 0. The standard InChI is InChI=1S/C31H38N4O6S/c1-31(2,3)29-27-28(23-17-22(39-5)11-12-24(23)40-6)42-19-26(37)34(18-25(36)33-13-15-41-16-14-33)30(27)35(32-29)20-7-9-21(38-4)10-8-20/h7-12,17,28H,13-16,18-19H2,1-6H3/t28-/m0/s1. The normalized spacial score (nSPS) is 17.5. The molecule has 5 rings (SSSR count). The molecule has 1 saturated heterocycles. The minimum absolute atomic E-state index is 0.0974. The Morgan fingerprint density at radius 1 is 1.00 bits per heavy atom. The molecular formula is C31H38N4O6S. The molecule has 3 heterocycles. The van der Waals surface area contributed by atoms with Crippen LogP contribution >= 0.6 is 11.8 Å². The van der Waals surface area contributed by atoms with Gasteiger partial charge >= 0.3 is 0 Å². The van der Waals surface area contributed by atoms with E-state index in [1.54, 1.807) is 35.8 Å². The molecule has 2 aromatic carbocycles. The van der Waals surface area contributed by atoms with E-state index in [1.807, 2.05) is 42.5 Å². The maximum atomic E-state index is 14.0. The Hall–Kier alpha value is -3.70. The van der Waals surface area contributed by atoms with Crippen molar-refractivity contribution in [3.63, 3.8) is 0 Å². The summed E-state index contributed by atoms with van der Waals surface area (Å²) in [5.74, 6) is 2.53. The number of benzene rings is 2. The SMILES string of the molecule is COc1ccc(-n2nc(C(C)(C)C)c3c2N(CC(=O)N2CCOCC2)C(=O)CS[C@H]3c2cc(OC)ccc2OC)cc1. The van der Waals surface area contributed by atoms with Gasteiger partial charge in [-0.25, -0.2) is 4.68 Å². The Labute approximate surface area is 250 Å². The molecule has 0 aliphatic carbocycles. The average molecular weight is 595 g/mol. The third-order valence-corrected chi connectivity index (χ3v) is 8.73. The van der Waals surface area contributed by atoms with Crippen LogP contribution in [0.1, 0.15) is 42.8 Å². The summed E-state index contributed by atoms with van der Waals surface area (Å²) in [5, 5.41) is 4.84. The molecule has 2 amide bonds. The highest BCUT2D eigenvalue weighted by Crippen LogP contribution is 2.51. The molecule has 0 spiro atoms. The molecule has 0 bridgehead atoms. The minimum Gasteiger partial charge on any atom is -0.497 e. The van der Waals surface area contributed by atoms with Gasteiger partial charge < -0.3 is 23.8 Å². The lowest BCUT2D eigenvalue weighted by molar-refractivity contribution is -0.134. The van der Waals surface area contributed by atoms with Gasteiger partial charge in [-0.3, -0.25) is 14.5 Å². The van der Waals surface area contributed by atoms with Crippen LogP contribution in [0.4, 0.5) is 5.82 Å². The van der Waals surface area contributed by atoms with Crippen LogP contribution in [-0.4, -0.2) is 86.4 Å². The van der Waals surface area contributed by atoms with Gasteiger partial charge in [0.1, 0.15) is 29.6 Å². The zero-order valence-electron chi connectivity index (χ0n) is 25.0. The van der Waals surface area contributed by atoms with Crippen molar-refractivity contribution >= 4 is 29.4 Å². The summed E-state index contributed by atoms with van der Waals surface area (Å²) < 4.78 is 24.0. The Morgan fingerprint density at radius 2 is 1.67 bits per heavy atom. The van der Waals surface area contributed by atoms with Crippen molar-refractivity contribution < 1.29 is 28.5 Å². The number of aromatic nitrogens is 2. The van der Waals surface area contributed by atoms with E-state index < -0.39 is 0 Å². The number of methoxy groups -OCH3 is 3. The fraction of sp³-hybridized carbons (Fsp3) is 0.452. The number of amides is 2. The first kappa shape index (κ1) is 29.8. The zero-order chi connectivity index (χ0) is 30.0. The van der Waals surface area contributed by atoms with Crippen LogP contribution in [0.15, 0.2) is 42.5 Å². The molecule has 1 fully saturated rings. The van der Waals surface area contributed by atoms with Gasteiger partial charge in [-0.2, -0.15) is 5.10 Å². The lowest BCUT2D eigenvalue weighted by atomic mass is 9.87. The molecule has 2 aliphatic heterocycles. The van der Waals surface area contributed by atoms with E-state index in [0.717, 1.165) is 22.5 Å². The number of thioether (sulfide) groups is 1. The molecule has 3 aromatic rings. The van der Waals surface area contributed by atoms with E-state index in [2.05, 4.69) is 20.8 Å². The molecular weight excluding hydrogens is 556 g/mol. The molecule has 1 atom stereocenters. The van der Waals surface area contributed by atoms with E-state index in [9.17, 15) is 9.59 Å². The molecule has 0 radical (unpaired) electrons. The Balaban J connectivity index is 1.76. The highest BCUT2D eigenvalue weighted by Gasteiger charge is 2.41. The third kappa shape index (κ3) is 5.80. The van der Waals surface area contributed by atoms with Crippen LogP contribution in [0.5, 0.6) is 17.2 Å². The first-order valence-corrected chi connectivity index (χ1v) is 15.0. The second kappa shape index (κ2) is 12.3. The van der Waals surface area contributed by atoms with Crippen molar-refractivity contribution in [1.29, 1.82) is 0 Å². The fourth-order valence-corrected chi connectivity index (χ4v) is 6.53. The largest absolute Gasteiger partial charge is 0.497 e. The lowest BCUT2D eigenvalue weighted by Gasteiger charge is -2.30. The fourth-order valence-electron chi connectivity index (χ4n) is 5.31. The number of fused-ring (bicyclic) bond motifs is 1. The number of carbonyl (C=O) groups is 2. The van der Waals surface area contributed by atoms with Crippen molar-refractivity contribution in [2.24, 2.45) is 0 Å². The van der Waals surface area contributed by atoms with Gasteiger partial charge in [0.25, 0.3) is 0 Å². The number of morpholine rings is 1. The first-order chi connectivity index (χ1) is 20.2. The molecule has 1 aromatic heterocycles. The van der Waals surface area contributed by atoms with Gasteiger partial charge in [0.15, 0.2) is 0 Å². The second-order valence-electron chi connectivity index (χ2n) is 11.2. The molecule has 2 aliphatic rings. The molecule has 0 N–H and O–H groups in total. The number of rotatable bonds is 7. The van der Waals surface area contributed by atoms with Gasteiger partial charge in [-0.15, -0.1) is 11.8 Å². The van der Waals surface area contributed by atoms with Gasteiger partial charge in [0.2, 0.25) is 11.8 Å². The van der Waals surface area contributed by atoms with E-state index in [-0.39, 0.29) is 34.8 Å². The Bertz CT molecular complexity index is 1440. The Morgan fingerprint density at radius 3 is 2.29 bits per heavy atom. The van der Waals surface area contributed by atoms with Crippen molar-refractivity contribution in [1.82, 2.24) is 14.7 Å². The quantitative estimate of drug-likeness (QED) is 0.401. The zero-order valence-corrected chi connectivity index (χ0v) is 25.8.